The monoisotopic (exact) mass is 397 g/mol. The third-order valence-corrected chi connectivity index (χ3v) is 4.69. The van der Waals surface area contributed by atoms with E-state index in [0.29, 0.717) is 17.3 Å². The highest BCUT2D eigenvalue weighted by Crippen LogP contribution is 2.37. The van der Waals surface area contributed by atoms with Crippen LogP contribution in [0, 0.1) is 12.8 Å². The average Bonchev–Trinajstić information content (AvgIpc) is 2.60. The van der Waals surface area contributed by atoms with Crippen molar-refractivity contribution in [2.75, 3.05) is 20.6 Å². The van der Waals surface area contributed by atoms with Gasteiger partial charge in [0, 0.05) is 5.56 Å². The van der Waals surface area contributed by atoms with E-state index in [4.69, 9.17) is 0 Å². The normalized spacial score (nSPS) is 14.3. The Bertz CT molecular complexity index is 810. The van der Waals surface area contributed by atoms with Crippen LogP contribution in [0.1, 0.15) is 42.7 Å². The lowest BCUT2D eigenvalue weighted by atomic mass is 9.95. The Balaban J connectivity index is 2.20. The van der Waals surface area contributed by atoms with Crippen LogP contribution >= 0.6 is 0 Å². The second-order valence-corrected chi connectivity index (χ2v) is 7.40. The van der Waals surface area contributed by atoms with Gasteiger partial charge in [-0.15, -0.1) is 5.10 Å². The molecule has 28 heavy (non-hydrogen) atoms. The molecule has 5 nitrogen and oxygen atoms in total. The molecule has 2 N–H and O–H groups in total. The van der Waals surface area contributed by atoms with E-state index in [2.05, 4.69) is 15.1 Å². The number of benzene rings is 1. The number of phenols is 1. The molecule has 154 valence electrons. The van der Waals surface area contributed by atoms with Crippen molar-refractivity contribution in [2.24, 2.45) is 5.92 Å². The molecule has 0 aliphatic heterocycles. The SMILES string of the molecule is Cc1cc([C@@H](O)[C@@H](C)CCCN(C)C)nnc1-c1ccc(C(F)(F)F)cc1O. The number of aliphatic hydroxyl groups excluding tert-OH is 1. The zero-order chi connectivity index (χ0) is 21.1. The number of hydrogen-bond acceptors (Lipinski definition) is 5. The molecule has 0 amide bonds. The van der Waals surface area contributed by atoms with Crippen molar-refractivity contribution in [3.8, 4) is 17.0 Å². The van der Waals surface area contributed by atoms with Gasteiger partial charge in [0.2, 0.25) is 0 Å². The van der Waals surface area contributed by atoms with E-state index in [1.165, 1.54) is 6.07 Å². The van der Waals surface area contributed by atoms with E-state index in [1.807, 2.05) is 21.0 Å². The Labute approximate surface area is 162 Å². The molecule has 0 unspecified atom stereocenters. The lowest BCUT2D eigenvalue weighted by molar-refractivity contribution is -0.137. The van der Waals surface area contributed by atoms with Gasteiger partial charge in [0.1, 0.15) is 11.9 Å². The molecular weight excluding hydrogens is 371 g/mol. The zero-order valence-electron chi connectivity index (χ0n) is 16.5. The fourth-order valence-corrected chi connectivity index (χ4v) is 3.00. The van der Waals surface area contributed by atoms with Crippen LogP contribution < -0.4 is 0 Å². The number of alkyl halides is 3. The van der Waals surface area contributed by atoms with E-state index in [-0.39, 0.29) is 17.2 Å². The molecule has 2 atom stereocenters. The number of rotatable bonds is 7. The Morgan fingerprint density at radius 2 is 1.82 bits per heavy atom. The highest BCUT2D eigenvalue weighted by molar-refractivity contribution is 5.69. The predicted molar refractivity (Wildman–Crippen MR) is 101 cm³/mol. The first kappa shape index (κ1) is 22.1. The topological polar surface area (TPSA) is 69.5 Å². The molecule has 0 aliphatic carbocycles. The first-order valence-corrected chi connectivity index (χ1v) is 9.08. The highest BCUT2D eigenvalue weighted by atomic mass is 19.4. The van der Waals surface area contributed by atoms with E-state index in [9.17, 15) is 23.4 Å². The smallest absolute Gasteiger partial charge is 0.416 e. The van der Waals surface area contributed by atoms with Crippen LogP contribution in [0.4, 0.5) is 13.2 Å². The molecule has 1 aromatic heterocycles. The summed E-state index contributed by atoms with van der Waals surface area (Å²) in [5, 5.41) is 28.7. The lowest BCUT2D eigenvalue weighted by Crippen LogP contribution is -2.17. The Hall–Kier alpha value is -2.19. The van der Waals surface area contributed by atoms with Gasteiger partial charge in [0.25, 0.3) is 0 Å². The molecule has 0 saturated heterocycles. The van der Waals surface area contributed by atoms with Crippen molar-refractivity contribution >= 4 is 0 Å². The van der Waals surface area contributed by atoms with Gasteiger partial charge < -0.3 is 15.1 Å². The molecule has 0 fully saturated rings. The molecule has 0 saturated carbocycles. The minimum Gasteiger partial charge on any atom is -0.507 e. The summed E-state index contributed by atoms with van der Waals surface area (Å²) >= 11 is 0. The number of nitrogens with zero attached hydrogens (tertiary/aromatic N) is 3. The first-order chi connectivity index (χ1) is 13.0. The number of aliphatic hydroxyl groups is 1. The maximum Gasteiger partial charge on any atom is 0.416 e. The van der Waals surface area contributed by atoms with Gasteiger partial charge in [-0.2, -0.15) is 18.3 Å². The third kappa shape index (κ3) is 5.42. The minimum atomic E-state index is -4.53. The quantitative estimate of drug-likeness (QED) is 0.733. The van der Waals surface area contributed by atoms with Gasteiger partial charge >= 0.3 is 6.18 Å². The van der Waals surface area contributed by atoms with E-state index < -0.39 is 23.6 Å². The summed E-state index contributed by atoms with van der Waals surface area (Å²) < 4.78 is 38.3. The fourth-order valence-electron chi connectivity index (χ4n) is 3.00. The van der Waals surface area contributed by atoms with E-state index in [1.54, 1.807) is 13.0 Å². The van der Waals surface area contributed by atoms with Crippen LogP contribution in [0.25, 0.3) is 11.3 Å². The van der Waals surface area contributed by atoms with Gasteiger partial charge in [-0.3, -0.25) is 0 Å². The number of aryl methyl sites for hydroxylation is 1. The maximum atomic E-state index is 12.8. The summed E-state index contributed by atoms with van der Waals surface area (Å²) in [7, 11) is 3.98. The number of phenolic OH excluding ortho intramolecular Hbond substituents is 1. The van der Waals surface area contributed by atoms with Gasteiger partial charge in [0.05, 0.1) is 17.0 Å². The largest absolute Gasteiger partial charge is 0.507 e. The molecule has 1 heterocycles. The fraction of sp³-hybridized carbons (Fsp3) is 0.500. The summed E-state index contributed by atoms with van der Waals surface area (Å²) in [6, 6.07) is 4.40. The van der Waals surface area contributed by atoms with Crippen LogP contribution in [0.5, 0.6) is 5.75 Å². The second kappa shape index (κ2) is 8.87. The van der Waals surface area contributed by atoms with E-state index in [0.717, 1.165) is 25.5 Å². The Morgan fingerprint density at radius 1 is 1.14 bits per heavy atom. The van der Waals surface area contributed by atoms with E-state index >= 15 is 0 Å². The van der Waals surface area contributed by atoms with Gasteiger partial charge in [-0.05, 0) is 76.2 Å². The molecular formula is C20H26F3N3O2. The van der Waals surface area contributed by atoms with Crippen molar-refractivity contribution in [3.05, 3.63) is 41.1 Å². The summed E-state index contributed by atoms with van der Waals surface area (Å²) in [5.41, 5.74) is 0.531. The summed E-state index contributed by atoms with van der Waals surface area (Å²) in [6.07, 6.45) is -3.56. The van der Waals surface area contributed by atoms with Crippen LogP contribution in [0.3, 0.4) is 0 Å². The van der Waals surface area contributed by atoms with Crippen LogP contribution in [0.15, 0.2) is 24.3 Å². The molecule has 1 aromatic carbocycles. The number of aromatic nitrogens is 2. The van der Waals surface area contributed by atoms with Crippen LogP contribution in [-0.4, -0.2) is 46.0 Å². The summed E-state index contributed by atoms with van der Waals surface area (Å²) in [4.78, 5) is 2.08. The Morgan fingerprint density at radius 3 is 2.36 bits per heavy atom. The van der Waals surface area contributed by atoms with Crippen LogP contribution in [0.2, 0.25) is 0 Å². The molecule has 0 spiro atoms. The van der Waals surface area contributed by atoms with Crippen molar-refractivity contribution in [3.63, 3.8) is 0 Å². The predicted octanol–water partition coefficient (Wildman–Crippen LogP) is 4.19. The van der Waals surface area contributed by atoms with Gasteiger partial charge in [-0.1, -0.05) is 6.92 Å². The maximum absolute atomic E-state index is 12.8. The number of halogens is 3. The van der Waals surface area contributed by atoms with Crippen molar-refractivity contribution in [1.82, 2.24) is 15.1 Å². The second-order valence-electron chi connectivity index (χ2n) is 7.40. The van der Waals surface area contributed by atoms with Crippen molar-refractivity contribution in [2.45, 2.75) is 39.0 Å². The van der Waals surface area contributed by atoms with Gasteiger partial charge in [0.15, 0.2) is 0 Å². The average molecular weight is 397 g/mol. The zero-order valence-corrected chi connectivity index (χ0v) is 16.5. The number of hydrogen-bond donors (Lipinski definition) is 2. The standard InChI is InChI=1S/C20H26F3N3O2/c1-12(6-5-9-26(3)4)19(28)16-10-13(2)18(25-24-16)15-8-7-14(11-17(15)27)20(21,22)23/h7-8,10-12,19,27-28H,5-6,9H2,1-4H3/t12-,19-/m0/s1. The summed E-state index contributed by atoms with van der Waals surface area (Å²) in [6.45, 7) is 4.58. The molecule has 8 heteroatoms. The summed E-state index contributed by atoms with van der Waals surface area (Å²) in [5.74, 6) is -0.531. The Kier molecular flexibility index (Phi) is 7.01. The van der Waals surface area contributed by atoms with Gasteiger partial charge in [-0.25, -0.2) is 0 Å². The first-order valence-electron chi connectivity index (χ1n) is 9.08. The molecule has 2 rings (SSSR count). The number of aromatic hydroxyl groups is 1. The molecule has 0 bridgehead atoms. The van der Waals surface area contributed by atoms with Crippen LogP contribution in [-0.2, 0) is 6.18 Å². The highest BCUT2D eigenvalue weighted by Gasteiger charge is 2.31. The molecule has 0 radical (unpaired) electrons. The molecule has 0 aliphatic rings. The lowest BCUT2D eigenvalue weighted by Gasteiger charge is -2.20. The van der Waals surface area contributed by atoms with Crippen molar-refractivity contribution in [1.29, 1.82) is 0 Å². The van der Waals surface area contributed by atoms with Crippen molar-refractivity contribution < 1.29 is 23.4 Å². The third-order valence-electron chi connectivity index (χ3n) is 4.69. The minimum absolute atomic E-state index is 0.0148. The molecule has 2 aromatic rings.